The van der Waals surface area contributed by atoms with E-state index in [-0.39, 0.29) is 17.9 Å². The molecule has 1 saturated heterocycles. The molecule has 0 aromatic carbocycles. The zero-order chi connectivity index (χ0) is 14.7. The van der Waals surface area contributed by atoms with Crippen LogP contribution in [-0.4, -0.2) is 23.6 Å². The number of nitrogens with one attached hydrogen (secondary N) is 1. The van der Waals surface area contributed by atoms with Gasteiger partial charge in [0, 0.05) is 24.2 Å². The van der Waals surface area contributed by atoms with Crippen LogP contribution in [0.2, 0.25) is 0 Å². The number of rotatable bonds is 3. The summed E-state index contributed by atoms with van der Waals surface area (Å²) in [6.07, 6.45) is 3.67. The van der Waals surface area contributed by atoms with E-state index < -0.39 is 0 Å². The van der Waals surface area contributed by atoms with Gasteiger partial charge < -0.3 is 10.1 Å². The lowest BCUT2D eigenvalue weighted by Crippen LogP contribution is -2.41. The van der Waals surface area contributed by atoms with Crippen molar-refractivity contribution in [3.8, 4) is 0 Å². The van der Waals surface area contributed by atoms with E-state index in [1.165, 1.54) is 0 Å². The lowest BCUT2D eigenvalue weighted by Gasteiger charge is -2.33. The lowest BCUT2D eigenvalue weighted by molar-refractivity contribution is -0.131. The summed E-state index contributed by atoms with van der Waals surface area (Å²) in [5.74, 6) is 0.361. The van der Waals surface area contributed by atoms with Crippen LogP contribution in [0.1, 0.15) is 37.9 Å². The van der Waals surface area contributed by atoms with Crippen molar-refractivity contribution in [2.75, 3.05) is 11.9 Å². The molecule has 1 aliphatic rings. The second-order valence-corrected chi connectivity index (χ2v) is 5.96. The zero-order valence-electron chi connectivity index (χ0n) is 12.8. The molecule has 2 unspecified atom stereocenters. The number of anilines is 1. The Kier molecular flexibility index (Phi) is 4.76. The SMILES string of the molecule is Cc1cc(NC(=O)C2CCCOC2C(C)C)c(C)cn1. The Morgan fingerprint density at radius 3 is 2.90 bits per heavy atom. The van der Waals surface area contributed by atoms with E-state index in [4.69, 9.17) is 4.74 Å². The maximum absolute atomic E-state index is 12.5. The molecule has 0 radical (unpaired) electrons. The number of carbonyl (C=O) groups is 1. The quantitative estimate of drug-likeness (QED) is 0.923. The van der Waals surface area contributed by atoms with E-state index in [2.05, 4.69) is 24.1 Å². The number of aromatic nitrogens is 1. The minimum Gasteiger partial charge on any atom is -0.377 e. The van der Waals surface area contributed by atoms with Crippen molar-refractivity contribution < 1.29 is 9.53 Å². The van der Waals surface area contributed by atoms with Gasteiger partial charge in [0.1, 0.15) is 0 Å². The Bertz CT molecular complexity index is 485. The number of carbonyl (C=O) groups excluding carboxylic acids is 1. The fourth-order valence-electron chi connectivity index (χ4n) is 2.73. The molecule has 4 nitrogen and oxygen atoms in total. The summed E-state index contributed by atoms with van der Waals surface area (Å²) in [7, 11) is 0. The van der Waals surface area contributed by atoms with Gasteiger partial charge in [0.05, 0.1) is 12.0 Å². The Balaban J connectivity index is 2.12. The average Bonchev–Trinajstić information content (AvgIpc) is 2.42. The predicted octanol–water partition coefficient (Wildman–Crippen LogP) is 3.09. The number of hydrogen-bond donors (Lipinski definition) is 1. The third kappa shape index (κ3) is 3.37. The van der Waals surface area contributed by atoms with Crippen molar-refractivity contribution in [2.45, 2.75) is 46.6 Å². The van der Waals surface area contributed by atoms with Crippen molar-refractivity contribution in [1.82, 2.24) is 4.98 Å². The first-order chi connectivity index (χ1) is 9.49. The molecule has 110 valence electrons. The highest BCUT2D eigenvalue weighted by atomic mass is 16.5. The van der Waals surface area contributed by atoms with E-state index in [0.717, 1.165) is 36.4 Å². The minimum atomic E-state index is -0.0587. The summed E-state index contributed by atoms with van der Waals surface area (Å²) in [6.45, 7) is 8.87. The van der Waals surface area contributed by atoms with E-state index in [9.17, 15) is 4.79 Å². The number of ether oxygens (including phenoxy) is 1. The number of nitrogens with zero attached hydrogens (tertiary/aromatic N) is 1. The van der Waals surface area contributed by atoms with Crippen LogP contribution < -0.4 is 5.32 Å². The second kappa shape index (κ2) is 6.35. The first-order valence-corrected chi connectivity index (χ1v) is 7.34. The molecule has 1 aromatic heterocycles. The summed E-state index contributed by atoms with van der Waals surface area (Å²) in [5.41, 5.74) is 2.75. The molecule has 1 aromatic rings. The summed E-state index contributed by atoms with van der Waals surface area (Å²) in [4.78, 5) is 16.8. The van der Waals surface area contributed by atoms with Crippen molar-refractivity contribution in [1.29, 1.82) is 0 Å². The van der Waals surface area contributed by atoms with Gasteiger partial charge in [0.15, 0.2) is 0 Å². The van der Waals surface area contributed by atoms with Crippen LogP contribution in [0.4, 0.5) is 5.69 Å². The molecule has 0 aliphatic carbocycles. The molecule has 1 fully saturated rings. The van der Waals surface area contributed by atoms with E-state index in [1.807, 2.05) is 19.9 Å². The minimum absolute atomic E-state index is 0.0204. The molecule has 2 rings (SSSR count). The number of hydrogen-bond acceptors (Lipinski definition) is 3. The molecule has 2 atom stereocenters. The monoisotopic (exact) mass is 276 g/mol. The molecule has 1 aliphatic heterocycles. The molecule has 1 amide bonds. The Morgan fingerprint density at radius 2 is 2.20 bits per heavy atom. The molecular weight excluding hydrogens is 252 g/mol. The third-order valence-electron chi connectivity index (χ3n) is 3.86. The maximum Gasteiger partial charge on any atom is 0.230 e. The first kappa shape index (κ1) is 15.0. The van der Waals surface area contributed by atoms with Crippen molar-refractivity contribution in [2.24, 2.45) is 11.8 Å². The van der Waals surface area contributed by atoms with Gasteiger partial charge >= 0.3 is 0 Å². The van der Waals surface area contributed by atoms with E-state index >= 15 is 0 Å². The molecule has 1 N–H and O–H groups in total. The summed E-state index contributed by atoms with van der Waals surface area (Å²) in [6, 6.07) is 1.92. The topological polar surface area (TPSA) is 51.2 Å². The van der Waals surface area contributed by atoms with Gasteiger partial charge in [-0.1, -0.05) is 13.8 Å². The summed E-state index contributed by atoms with van der Waals surface area (Å²) < 4.78 is 5.79. The standard InChI is InChI=1S/C16H24N2O2/c1-10(2)15-13(6-5-7-20-15)16(19)18-14-8-12(4)17-9-11(14)3/h8-10,13,15H,5-7H2,1-4H3,(H,17,18,19). The van der Waals surface area contributed by atoms with Crippen molar-refractivity contribution in [3.63, 3.8) is 0 Å². The average molecular weight is 276 g/mol. The molecule has 4 heteroatoms. The zero-order valence-corrected chi connectivity index (χ0v) is 12.8. The Hall–Kier alpha value is -1.42. The highest BCUT2D eigenvalue weighted by molar-refractivity contribution is 5.93. The number of pyridine rings is 1. The maximum atomic E-state index is 12.5. The van der Waals surface area contributed by atoms with Gasteiger partial charge in [0.25, 0.3) is 0 Å². The van der Waals surface area contributed by atoms with E-state index in [1.54, 1.807) is 6.20 Å². The van der Waals surface area contributed by atoms with Gasteiger partial charge in [0.2, 0.25) is 5.91 Å². The molecule has 0 saturated carbocycles. The van der Waals surface area contributed by atoms with Gasteiger partial charge in [-0.2, -0.15) is 0 Å². The predicted molar refractivity (Wildman–Crippen MR) is 79.6 cm³/mol. The molecule has 2 heterocycles. The molecular formula is C16H24N2O2. The van der Waals surface area contributed by atoms with Gasteiger partial charge in [-0.25, -0.2) is 0 Å². The van der Waals surface area contributed by atoms with Gasteiger partial charge in [-0.05, 0) is 44.2 Å². The largest absolute Gasteiger partial charge is 0.377 e. The van der Waals surface area contributed by atoms with Gasteiger partial charge in [-0.3, -0.25) is 9.78 Å². The molecule has 0 spiro atoms. The summed E-state index contributed by atoms with van der Waals surface area (Å²) in [5, 5.41) is 3.05. The number of aryl methyl sites for hydroxylation is 2. The van der Waals surface area contributed by atoms with Gasteiger partial charge in [-0.15, -0.1) is 0 Å². The lowest BCUT2D eigenvalue weighted by atomic mass is 9.86. The third-order valence-corrected chi connectivity index (χ3v) is 3.86. The smallest absolute Gasteiger partial charge is 0.230 e. The first-order valence-electron chi connectivity index (χ1n) is 7.34. The van der Waals surface area contributed by atoms with Crippen LogP contribution in [0.3, 0.4) is 0 Å². The van der Waals surface area contributed by atoms with Crippen LogP contribution in [0, 0.1) is 25.7 Å². The van der Waals surface area contributed by atoms with Crippen LogP contribution in [0.25, 0.3) is 0 Å². The highest BCUT2D eigenvalue weighted by Gasteiger charge is 2.34. The van der Waals surface area contributed by atoms with Crippen LogP contribution in [0.5, 0.6) is 0 Å². The van der Waals surface area contributed by atoms with Crippen LogP contribution >= 0.6 is 0 Å². The fraction of sp³-hybridized carbons (Fsp3) is 0.625. The summed E-state index contributed by atoms with van der Waals surface area (Å²) >= 11 is 0. The Labute approximate surface area is 120 Å². The van der Waals surface area contributed by atoms with E-state index in [0.29, 0.717) is 5.92 Å². The number of amides is 1. The molecule has 0 bridgehead atoms. The van der Waals surface area contributed by atoms with Crippen molar-refractivity contribution >= 4 is 11.6 Å². The van der Waals surface area contributed by atoms with Crippen LogP contribution in [-0.2, 0) is 9.53 Å². The second-order valence-electron chi connectivity index (χ2n) is 5.96. The normalized spacial score (nSPS) is 22.9. The fourth-order valence-corrected chi connectivity index (χ4v) is 2.73. The highest BCUT2D eigenvalue weighted by Crippen LogP contribution is 2.28. The molecule has 20 heavy (non-hydrogen) atoms. The van der Waals surface area contributed by atoms with Crippen molar-refractivity contribution in [3.05, 3.63) is 23.5 Å². The Morgan fingerprint density at radius 1 is 1.45 bits per heavy atom. The van der Waals surface area contributed by atoms with Crippen LogP contribution in [0.15, 0.2) is 12.3 Å².